The molecule has 0 bridgehead atoms. The molecule has 0 radical (unpaired) electrons. The lowest BCUT2D eigenvalue weighted by Crippen LogP contribution is -2.07. The Labute approximate surface area is 120 Å². The van der Waals surface area contributed by atoms with Gasteiger partial charge in [-0.3, -0.25) is 0 Å². The Morgan fingerprint density at radius 2 is 2.16 bits per heavy atom. The van der Waals surface area contributed by atoms with Crippen LogP contribution in [0, 0.1) is 6.92 Å². The fourth-order valence-corrected chi connectivity index (χ4v) is 2.03. The van der Waals surface area contributed by atoms with Crippen molar-refractivity contribution >= 4 is 33.4 Å². The van der Waals surface area contributed by atoms with Gasteiger partial charge in [-0.1, -0.05) is 22.0 Å². The second-order valence-electron chi connectivity index (χ2n) is 4.67. The van der Waals surface area contributed by atoms with Gasteiger partial charge in [0.15, 0.2) is 5.82 Å². The molecule has 0 saturated heterocycles. The molecule has 0 atom stereocenters. The maximum Gasteiger partial charge on any atom is 0.244 e. The van der Waals surface area contributed by atoms with E-state index < -0.39 is 0 Å². The van der Waals surface area contributed by atoms with Gasteiger partial charge in [0, 0.05) is 16.2 Å². The summed E-state index contributed by atoms with van der Waals surface area (Å²) in [5.41, 5.74) is 2.16. The Kier molecular flexibility index (Phi) is 3.33. The zero-order valence-corrected chi connectivity index (χ0v) is 12.1. The Morgan fingerprint density at radius 1 is 1.32 bits per heavy atom. The van der Waals surface area contributed by atoms with Crippen LogP contribution in [0.5, 0.6) is 0 Å². The highest BCUT2D eigenvalue weighted by Gasteiger charge is 2.22. The zero-order valence-electron chi connectivity index (χ0n) is 10.5. The molecule has 1 aromatic carbocycles. The number of anilines is 3. The van der Waals surface area contributed by atoms with Gasteiger partial charge in [0.25, 0.3) is 0 Å². The molecule has 98 valence electrons. The van der Waals surface area contributed by atoms with Crippen LogP contribution < -0.4 is 10.6 Å². The molecule has 1 aliphatic rings. The molecule has 6 heteroatoms. The molecule has 3 rings (SSSR count). The monoisotopic (exact) mass is 319 g/mol. The lowest BCUT2D eigenvalue weighted by molar-refractivity contribution is 0.947. The van der Waals surface area contributed by atoms with Crippen molar-refractivity contribution in [3.05, 3.63) is 34.4 Å². The summed E-state index contributed by atoms with van der Waals surface area (Å²) in [5.74, 6) is 1.27. The third-order valence-electron chi connectivity index (χ3n) is 2.91. The van der Waals surface area contributed by atoms with Crippen LogP contribution in [0.1, 0.15) is 18.4 Å². The second-order valence-corrected chi connectivity index (χ2v) is 5.53. The summed E-state index contributed by atoms with van der Waals surface area (Å²) in [4.78, 5) is 4.39. The van der Waals surface area contributed by atoms with Crippen molar-refractivity contribution in [2.75, 3.05) is 10.6 Å². The average molecular weight is 320 g/mol. The van der Waals surface area contributed by atoms with Crippen LogP contribution in [0.25, 0.3) is 0 Å². The second kappa shape index (κ2) is 5.13. The van der Waals surface area contributed by atoms with Crippen LogP contribution in [0.2, 0.25) is 0 Å². The lowest BCUT2D eigenvalue weighted by Gasteiger charge is -2.08. The van der Waals surface area contributed by atoms with Gasteiger partial charge in [-0.15, -0.1) is 5.10 Å². The molecule has 0 spiro atoms. The summed E-state index contributed by atoms with van der Waals surface area (Å²) in [5, 5.41) is 14.4. The van der Waals surface area contributed by atoms with Gasteiger partial charge in [0.05, 0.1) is 6.20 Å². The molecule has 19 heavy (non-hydrogen) atoms. The molecule has 5 nitrogen and oxygen atoms in total. The van der Waals surface area contributed by atoms with Gasteiger partial charge < -0.3 is 10.6 Å². The smallest absolute Gasteiger partial charge is 0.244 e. The summed E-state index contributed by atoms with van der Waals surface area (Å²) >= 11 is 3.51. The van der Waals surface area contributed by atoms with Crippen molar-refractivity contribution in [1.29, 1.82) is 0 Å². The Balaban J connectivity index is 1.75. The Hall–Kier alpha value is -1.69. The minimum absolute atomic E-state index is 0.519. The highest BCUT2D eigenvalue weighted by atomic mass is 79.9. The minimum atomic E-state index is 0.519. The summed E-state index contributed by atoms with van der Waals surface area (Å²) < 4.78 is 1.07. The van der Waals surface area contributed by atoms with Crippen LogP contribution in [0.15, 0.2) is 28.9 Å². The first kappa shape index (κ1) is 12.3. The topological polar surface area (TPSA) is 62.7 Å². The summed E-state index contributed by atoms with van der Waals surface area (Å²) in [6.45, 7) is 2.05. The number of nitrogens with one attached hydrogen (secondary N) is 2. The van der Waals surface area contributed by atoms with Crippen LogP contribution >= 0.6 is 15.9 Å². The predicted octanol–water partition coefficient (Wildman–Crippen LogP) is 3.26. The molecular weight excluding hydrogens is 306 g/mol. The fourth-order valence-electron chi connectivity index (χ4n) is 1.65. The fraction of sp³-hybridized carbons (Fsp3) is 0.308. The van der Waals surface area contributed by atoms with Gasteiger partial charge in [-0.05, 0) is 37.5 Å². The SMILES string of the molecule is Cc1ccc(Nc2cnnc(NC3CC3)n2)cc1Br. The quantitative estimate of drug-likeness (QED) is 0.905. The molecule has 2 aromatic rings. The van der Waals surface area contributed by atoms with Crippen molar-refractivity contribution in [3.8, 4) is 0 Å². The van der Waals surface area contributed by atoms with Gasteiger partial charge in [0.1, 0.15) is 0 Å². The van der Waals surface area contributed by atoms with E-state index in [1.807, 2.05) is 18.2 Å². The molecule has 1 saturated carbocycles. The van der Waals surface area contributed by atoms with Gasteiger partial charge in [0.2, 0.25) is 5.95 Å². The number of halogens is 1. The number of hydrogen-bond acceptors (Lipinski definition) is 5. The van der Waals surface area contributed by atoms with Crippen molar-refractivity contribution in [2.45, 2.75) is 25.8 Å². The van der Waals surface area contributed by atoms with E-state index in [-0.39, 0.29) is 0 Å². The first-order chi connectivity index (χ1) is 9.20. The molecule has 0 aliphatic heterocycles. The molecule has 1 fully saturated rings. The van der Waals surface area contributed by atoms with Crippen molar-refractivity contribution < 1.29 is 0 Å². The molecule has 2 N–H and O–H groups in total. The molecule has 0 amide bonds. The number of benzene rings is 1. The number of aryl methyl sites for hydroxylation is 1. The van der Waals surface area contributed by atoms with Gasteiger partial charge in [-0.2, -0.15) is 10.1 Å². The Morgan fingerprint density at radius 3 is 2.89 bits per heavy atom. The lowest BCUT2D eigenvalue weighted by atomic mass is 10.2. The summed E-state index contributed by atoms with van der Waals surface area (Å²) in [6.07, 6.45) is 3.99. The molecule has 1 heterocycles. The first-order valence-electron chi connectivity index (χ1n) is 6.20. The third-order valence-corrected chi connectivity index (χ3v) is 3.77. The number of hydrogen-bond donors (Lipinski definition) is 2. The third kappa shape index (κ3) is 3.20. The maximum absolute atomic E-state index is 4.39. The van der Waals surface area contributed by atoms with Crippen LogP contribution in [-0.4, -0.2) is 21.2 Å². The highest BCUT2D eigenvalue weighted by molar-refractivity contribution is 9.10. The summed E-state index contributed by atoms with van der Waals surface area (Å²) in [6, 6.07) is 6.59. The predicted molar refractivity (Wildman–Crippen MR) is 78.6 cm³/mol. The van der Waals surface area contributed by atoms with Gasteiger partial charge >= 0.3 is 0 Å². The molecular formula is C13H14BrN5. The summed E-state index contributed by atoms with van der Waals surface area (Å²) in [7, 11) is 0. The van der Waals surface area contributed by atoms with Crippen molar-refractivity contribution in [3.63, 3.8) is 0 Å². The van der Waals surface area contributed by atoms with E-state index in [0.717, 1.165) is 10.2 Å². The number of nitrogens with zero attached hydrogens (tertiary/aromatic N) is 3. The molecule has 1 aliphatic carbocycles. The number of rotatable bonds is 4. The zero-order chi connectivity index (χ0) is 13.2. The average Bonchev–Trinajstić information content (AvgIpc) is 3.18. The van der Waals surface area contributed by atoms with E-state index in [0.29, 0.717) is 17.8 Å². The largest absolute Gasteiger partial charge is 0.350 e. The number of aromatic nitrogens is 3. The Bertz CT molecular complexity index is 597. The van der Waals surface area contributed by atoms with E-state index in [9.17, 15) is 0 Å². The van der Waals surface area contributed by atoms with Crippen LogP contribution in [0.3, 0.4) is 0 Å². The normalized spacial score (nSPS) is 14.2. The van der Waals surface area contributed by atoms with E-state index >= 15 is 0 Å². The van der Waals surface area contributed by atoms with E-state index in [1.165, 1.54) is 18.4 Å². The standard InChI is InChI=1S/C13H14BrN5/c1-8-2-3-10(6-11(8)14)16-12-7-15-19-13(18-12)17-9-4-5-9/h2-3,6-7,9H,4-5H2,1H3,(H2,16,17,18,19). The maximum atomic E-state index is 4.39. The molecule has 0 unspecified atom stereocenters. The van der Waals surface area contributed by atoms with Gasteiger partial charge in [-0.25, -0.2) is 0 Å². The van der Waals surface area contributed by atoms with E-state index in [4.69, 9.17) is 0 Å². The van der Waals surface area contributed by atoms with Crippen molar-refractivity contribution in [2.24, 2.45) is 0 Å². The van der Waals surface area contributed by atoms with Crippen molar-refractivity contribution in [1.82, 2.24) is 15.2 Å². The first-order valence-corrected chi connectivity index (χ1v) is 6.99. The van der Waals surface area contributed by atoms with E-state index in [2.05, 4.69) is 48.7 Å². The molecule has 1 aromatic heterocycles. The van der Waals surface area contributed by atoms with Crippen LogP contribution in [-0.2, 0) is 0 Å². The highest BCUT2D eigenvalue weighted by Crippen LogP contribution is 2.24. The van der Waals surface area contributed by atoms with E-state index in [1.54, 1.807) is 6.20 Å². The van der Waals surface area contributed by atoms with Crippen LogP contribution in [0.4, 0.5) is 17.5 Å². The minimum Gasteiger partial charge on any atom is -0.350 e.